The zero-order valence-corrected chi connectivity index (χ0v) is 11.7. The smallest absolute Gasteiger partial charge is 0.0561 e. The Bertz CT molecular complexity index is 395. The Hall–Kier alpha value is -0.900. The van der Waals surface area contributed by atoms with Crippen molar-refractivity contribution in [3.63, 3.8) is 0 Å². The number of benzene rings is 1. The number of piperazine rings is 1. The van der Waals surface area contributed by atoms with Crippen LogP contribution in [0.2, 0.25) is 0 Å². The highest BCUT2D eigenvalue weighted by Crippen LogP contribution is 2.24. The molecule has 1 aromatic carbocycles. The van der Waals surface area contributed by atoms with E-state index >= 15 is 0 Å². The molecule has 0 spiro atoms. The molecule has 0 amide bonds. The van der Waals surface area contributed by atoms with E-state index in [2.05, 4.69) is 47.5 Å². The molecule has 0 aromatic heterocycles. The first-order chi connectivity index (χ1) is 9.33. The first-order valence-corrected chi connectivity index (χ1v) is 7.47. The Morgan fingerprint density at radius 1 is 1.26 bits per heavy atom. The molecule has 0 bridgehead atoms. The minimum absolute atomic E-state index is 0.420. The zero-order valence-electron chi connectivity index (χ0n) is 11.7. The topological polar surface area (TPSA) is 24.5 Å². The van der Waals surface area contributed by atoms with Gasteiger partial charge in [0.25, 0.3) is 0 Å². The minimum atomic E-state index is 0.420. The molecule has 2 aliphatic heterocycles. The molecule has 3 heteroatoms. The van der Waals surface area contributed by atoms with Crippen molar-refractivity contribution in [2.75, 3.05) is 26.2 Å². The summed E-state index contributed by atoms with van der Waals surface area (Å²) in [6.45, 7) is 6.50. The number of ether oxygens (including phenoxy) is 1. The summed E-state index contributed by atoms with van der Waals surface area (Å²) in [5.74, 6) is 0. The van der Waals surface area contributed by atoms with E-state index in [4.69, 9.17) is 4.74 Å². The SMILES string of the molecule is CC1CC(N2CCNC(c3ccccc3)C2)CCO1. The Morgan fingerprint density at radius 2 is 2.11 bits per heavy atom. The molecule has 2 heterocycles. The second-order valence-electron chi connectivity index (χ2n) is 5.77. The Kier molecular flexibility index (Phi) is 4.16. The molecule has 2 saturated heterocycles. The lowest BCUT2D eigenvalue weighted by Gasteiger charge is -2.41. The quantitative estimate of drug-likeness (QED) is 0.882. The van der Waals surface area contributed by atoms with E-state index in [1.165, 1.54) is 24.9 Å². The van der Waals surface area contributed by atoms with Crippen LogP contribution in [-0.4, -0.2) is 43.3 Å². The standard InChI is InChI=1S/C16H24N2O/c1-13-11-15(7-10-19-13)18-9-8-17-16(12-18)14-5-3-2-4-6-14/h2-6,13,15-17H,7-12H2,1H3. The summed E-state index contributed by atoms with van der Waals surface area (Å²) in [5, 5.41) is 3.64. The number of nitrogens with one attached hydrogen (secondary N) is 1. The van der Waals surface area contributed by atoms with Gasteiger partial charge in [0.2, 0.25) is 0 Å². The van der Waals surface area contributed by atoms with Crippen LogP contribution in [0.15, 0.2) is 30.3 Å². The maximum absolute atomic E-state index is 5.67. The van der Waals surface area contributed by atoms with E-state index < -0.39 is 0 Å². The van der Waals surface area contributed by atoms with Gasteiger partial charge in [0.05, 0.1) is 6.10 Å². The summed E-state index contributed by atoms with van der Waals surface area (Å²) in [5.41, 5.74) is 1.41. The highest BCUT2D eigenvalue weighted by molar-refractivity contribution is 5.19. The van der Waals surface area contributed by atoms with Gasteiger partial charge < -0.3 is 10.1 Å². The van der Waals surface area contributed by atoms with Crippen molar-refractivity contribution in [2.24, 2.45) is 0 Å². The maximum Gasteiger partial charge on any atom is 0.0561 e. The van der Waals surface area contributed by atoms with Crippen LogP contribution in [0.3, 0.4) is 0 Å². The molecule has 1 aromatic rings. The molecule has 3 atom stereocenters. The molecular weight excluding hydrogens is 236 g/mol. The third kappa shape index (κ3) is 3.16. The van der Waals surface area contributed by atoms with Crippen LogP contribution in [0.25, 0.3) is 0 Å². The van der Waals surface area contributed by atoms with E-state index in [-0.39, 0.29) is 0 Å². The fraction of sp³-hybridized carbons (Fsp3) is 0.625. The van der Waals surface area contributed by atoms with E-state index in [0.717, 1.165) is 19.7 Å². The van der Waals surface area contributed by atoms with Crippen molar-refractivity contribution in [1.82, 2.24) is 10.2 Å². The summed E-state index contributed by atoms with van der Waals surface area (Å²) < 4.78 is 5.67. The van der Waals surface area contributed by atoms with Gasteiger partial charge >= 0.3 is 0 Å². The van der Waals surface area contributed by atoms with Crippen molar-refractivity contribution in [1.29, 1.82) is 0 Å². The van der Waals surface area contributed by atoms with Gasteiger partial charge in [-0.25, -0.2) is 0 Å². The summed E-state index contributed by atoms with van der Waals surface area (Å²) in [6, 6.07) is 12.0. The van der Waals surface area contributed by atoms with Gasteiger partial charge in [-0.2, -0.15) is 0 Å². The Labute approximate surface area is 115 Å². The molecule has 2 aliphatic rings. The number of rotatable bonds is 2. The van der Waals surface area contributed by atoms with E-state index in [0.29, 0.717) is 18.2 Å². The molecule has 19 heavy (non-hydrogen) atoms. The molecular formula is C16H24N2O. The van der Waals surface area contributed by atoms with Crippen molar-refractivity contribution >= 4 is 0 Å². The van der Waals surface area contributed by atoms with Gasteiger partial charge in [-0.15, -0.1) is 0 Å². The molecule has 3 nitrogen and oxygen atoms in total. The summed E-state index contributed by atoms with van der Waals surface area (Å²) in [6.07, 6.45) is 2.79. The van der Waals surface area contributed by atoms with Crippen LogP contribution in [0.4, 0.5) is 0 Å². The molecule has 104 valence electrons. The first-order valence-electron chi connectivity index (χ1n) is 7.47. The van der Waals surface area contributed by atoms with Gasteiger partial charge in [0.1, 0.15) is 0 Å². The monoisotopic (exact) mass is 260 g/mol. The van der Waals surface area contributed by atoms with Crippen LogP contribution >= 0.6 is 0 Å². The zero-order chi connectivity index (χ0) is 13.1. The van der Waals surface area contributed by atoms with Crippen molar-refractivity contribution in [2.45, 2.75) is 38.0 Å². The van der Waals surface area contributed by atoms with Gasteiger partial charge in [-0.3, -0.25) is 4.90 Å². The van der Waals surface area contributed by atoms with E-state index in [9.17, 15) is 0 Å². The largest absolute Gasteiger partial charge is 0.378 e. The lowest BCUT2D eigenvalue weighted by atomic mass is 9.98. The Morgan fingerprint density at radius 3 is 2.89 bits per heavy atom. The van der Waals surface area contributed by atoms with Crippen LogP contribution in [-0.2, 0) is 4.74 Å². The molecule has 2 fully saturated rings. The number of hydrogen-bond acceptors (Lipinski definition) is 3. The van der Waals surface area contributed by atoms with Crippen LogP contribution in [0.1, 0.15) is 31.4 Å². The van der Waals surface area contributed by atoms with Crippen LogP contribution < -0.4 is 5.32 Å². The fourth-order valence-corrected chi connectivity index (χ4v) is 3.32. The normalized spacial score (nSPS) is 33.2. The predicted molar refractivity (Wildman–Crippen MR) is 77.2 cm³/mol. The maximum atomic E-state index is 5.67. The summed E-state index contributed by atoms with van der Waals surface area (Å²) in [7, 11) is 0. The second-order valence-corrected chi connectivity index (χ2v) is 5.77. The second kappa shape index (κ2) is 6.04. The van der Waals surface area contributed by atoms with Crippen LogP contribution in [0.5, 0.6) is 0 Å². The van der Waals surface area contributed by atoms with E-state index in [1.54, 1.807) is 0 Å². The molecule has 0 saturated carbocycles. The van der Waals surface area contributed by atoms with Gasteiger partial charge in [0.15, 0.2) is 0 Å². The lowest BCUT2D eigenvalue weighted by molar-refractivity contribution is -0.0234. The molecule has 1 N–H and O–H groups in total. The molecule has 0 radical (unpaired) electrons. The lowest BCUT2D eigenvalue weighted by Crippen LogP contribution is -2.52. The van der Waals surface area contributed by atoms with E-state index in [1.807, 2.05) is 0 Å². The summed E-state index contributed by atoms with van der Waals surface area (Å²) in [4.78, 5) is 2.66. The van der Waals surface area contributed by atoms with Crippen molar-refractivity contribution < 1.29 is 4.74 Å². The van der Waals surface area contributed by atoms with Crippen molar-refractivity contribution in [3.8, 4) is 0 Å². The first kappa shape index (κ1) is 13.1. The number of hydrogen-bond donors (Lipinski definition) is 1. The van der Waals surface area contributed by atoms with Crippen LogP contribution in [0, 0.1) is 0 Å². The predicted octanol–water partition coefficient (Wildman–Crippen LogP) is 2.20. The Balaban J connectivity index is 1.64. The van der Waals surface area contributed by atoms with Gasteiger partial charge in [-0.1, -0.05) is 30.3 Å². The average Bonchev–Trinajstić information content (AvgIpc) is 2.48. The highest BCUT2D eigenvalue weighted by Gasteiger charge is 2.29. The third-order valence-electron chi connectivity index (χ3n) is 4.38. The van der Waals surface area contributed by atoms with Gasteiger partial charge in [0, 0.05) is 38.3 Å². The minimum Gasteiger partial charge on any atom is -0.378 e. The fourth-order valence-electron chi connectivity index (χ4n) is 3.32. The number of nitrogens with zero attached hydrogens (tertiary/aromatic N) is 1. The average molecular weight is 260 g/mol. The molecule has 0 aliphatic carbocycles. The summed E-state index contributed by atoms with van der Waals surface area (Å²) >= 11 is 0. The molecule has 3 rings (SSSR count). The van der Waals surface area contributed by atoms with Gasteiger partial charge in [-0.05, 0) is 25.3 Å². The third-order valence-corrected chi connectivity index (χ3v) is 4.38. The van der Waals surface area contributed by atoms with Crippen molar-refractivity contribution in [3.05, 3.63) is 35.9 Å². The molecule has 3 unspecified atom stereocenters. The highest BCUT2D eigenvalue weighted by atomic mass is 16.5.